The second kappa shape index (κ2) is 8.74. The first kappa shape index (κ1) is 20.8. The second-order valence-electron chi connectivity index (χ2n) is 6.27. The molecule has 0 saturated heterocycles. The van der Waals surface area contributed by atoms with Crippen molar-refractivity contribution in [2.24, 2.45) is 0 Å². The molecule has 8 heteroatoms. The molecule has 0 fully saturated rings. The van der Waals surface area contributed by atoms with Gasteiger partial charge in [-0.05, 0) is 38.5 Å². The molecule has 0 aliphatic heterocycles. The number of rotatable bonds is 9. The molecule has 0 aromatic heterocycles. The van der Waals surface area contributed by atoms with Crippen molar-refractivity contribution < 1.29 is 28.3 Å². The summed E-state index contributed by atoms with van der Waals surface area (Å²) in [4.78, 5) is 12.0. The highest BCUT2D eigenvalue weighted by atomic mass is 31.2. The fraction of sp³-hybridized carbons (Fsp3) is 0.562. The predicted molar refractivity (Wildman–Crippen MR) is 92.1 cm³/mol. The van der Waals surface area contributed by atoms with Crippen molar-refractivity contribution in [1.29, 1.82) is 0 Å². The van der Waals surface area contributed by atoms with Crippen LogP contribution in [0.3, 0.4) is 0 Å². The summed E-state index contributed by atoms with van der Waals surface area (Å²) in [7, 11) is -0.828. The van der Waals surface area contributed by atoms with E-state index in [0.29, 0.717) is 5.69 Å². The topological polar surface area (TPSA) is 94.1 Å². The van der Waals surface area contributed by atoms with Gasteiger partial charge in [-0.3, -0.25) is 9.36 Å². The lowest BCUT2D eigenvalue weighted by molar-refractivity contribution is -0.148. The van der Waals surface area contributed by atoms with Crippen molar-refractivity contribution in [1.82, 2.24) is 0 Å². The number of carbonyl (C=O) groups is 1. The summed E-state index contributed by atoms with van der Waals surface area (Å²) in [5, 5.41) is 12.6. The summed E-state index contributed by atoms with van der Waals surface area (Å²) in [6.45, 7) is 5.52. The van der Waals surface area contributed by atoms with Crippen LogP contribution in [-0.2, 0) is 29.6 Å². The highest BCUT2D eigenvalue weighted by Crippen LogP contribution is 2.46. The maximum absolute atomic E-state index is 12.0. The minimum atomic E-state index is -3.33. The normalized spacial score (nSPS) is 13.6. The van der Waals surface area contributed by atoms with E-state index in [1.165, 1.54) is 14.2 Å². The first-order chi connectivity index (χ1) is 11.1. The average Bonchev–Trinajstić information content (AvgIpc) is 2.47. The molecule has 1 unspecified atom stereocenters. The molecule has 0 saturated carbocycles. The lowest BCUT2D eigenvalue weighted by Gasteiger charge is -2.24. The Balaban J connectivity index is 2.59. The van der Waals surface area contributed by atoms with Gasteiger partial charge in [-0.15, -0.1) is 0 Å². The van der Waals surface area contributed by atoms with Gasteiger partial charge in [-0.1, -0.05) is 12.1 Å². The third-order valence-corrected chi connectivity index (χ3v) is 4.89. The SMILES string of the molecule is COP(=O)(CC(=O)Cc1ccc(NC(O)OC(C)(C)C)cc1)OC. The number of hydrogen-bond acceptors (Lipinski definition) is 7. The molecule has 0 spiro atoms. The molecule has 1 atom stereocenters. The molecule has 0 bridgehead atoms. The Morgan fingerprint density at radius 2 is 1.75 bits per heavy atom. The van der Waals surface area contributed by atoms with Gasteiger partial charge in [-0.2, -0.15) is 0 Å². The van der Waals surface area contributed by atoms with E-state index in [2.05, 4.69) is 5.32 Å². The predicted octanol–water partition coefficient (Wildman–Crippen LogP) is 2.79. The fourth-order valence-corrected chi connectivity index (χ4v) is 2.88. The Labute approximate surface area is 142 Å². The van der Waals surface area contributed by atoms with Crippen molar-refractivity contribution in [2.75, 3.05) is 25.7 Å². The number of carbonyl (C=O) groups excluding carboxylic acids is 1. The van der Waals surface area contributed by atoms with Gasteiger partial charge >= 0.3 is 7.60 Å². The van der Waals surface area contributed by atoms with E-state index in [-0.39, 0.29) is 18.4 Å². The largest absolute Gasteiger partial charge is 0.351 e. The van der Waals surface area contributed by atoms with Crippen LogP contribution >= 0.6 is 7.60 Å². The number of anilines is 1. The van der Waals surface area contributed by atoms with E-state index in [9.17, 15) is 14.5 Å². The Bertz CT molecular complexity index is 573. The summed E-state index contributed by atoms with van der Waals surface area (Å²) in [6, 6.07) is 6.94. The highest BCUT2D eigenvalue weighted by Gasteiger charge is 2.25. The Morgan fingerprint density at radius 1 is 1.21 bits per heavy atom. The standard InChI is InChI=1S/C16H26NO6P/c1-16(2,3)23-15(19)17-13-8-6-12(7-9-13)10-14(18)11-24(20,21-4)22-5/h6-9,15,17,19H,10-11H2,1-5H3. The second-order valence-corrected chi connectivity index (χ2v) is 8.54. The first-order valence-corrected chi connectivity index (χ1v) is 9.23. The van der Waals surface area contributed by atoms with Crippen LogP contribution in [-0.4, -0.2) is 43.3 Å². The van der Waals surface area contributed by atoms with Crippen LogP contribution < -0.4 is 5.32 Å². The molecule has 1 rings (SSSR count). The van der Waals surface area contributed by atoms with Gasteiger partial charge in [0.1, 0.15) is 11.9 Å². The van der Waals surface area contributed by atoms with Crippen molar-refractivity contribution in [3.63, 3.8) is 0 Å². The molecule has 24 heavy (non-hydrogen) atoms. The molecule has 7 nitrogen and oxygen atoms in total. The number of benzene rings is 1. The summed E-state index contributed by atoms with van der Waals surface area (Å²) in [5.41, 5.74) is 0.938. The van der Waals surface area contributed by atoms with Crippen LogP contribution in [0.1, 0.15) is 26.3 Å². The number of aliphatic hydroxyl groups excluding tert-OH is 1. The fourth-order valence-electron chi connectivity index (χ4n) is 1.93. The van der Waals surface area contributed by atoms with Crippen LogP contribution in [0.25, 0.3) is 0 Å². The van der Waals surface area contributed by atoms with Crippen molar-refractivity contribution >= 4 is 19.1 Å². The van der Waals surface area contributed by atoms with Crippen molar-refractivity contribution in [3.8, 4) is 0 Å². The number of hydrogen-bond donors (Lipinski definition) is 2. The van der Waals surface area contributed by atoms with Gasteiger partial charge in [0.25, 0.3) is 0 Å². The maximum Gasteiger partial charge on any atom is 0.337 e. The van der Waals surface area contributed by atoms with Gasteiger partial charge in [-0.25, -0.2) is 0 Å². The molecular formula is C16H26NO6P. The molecule has 1 aromatic rings. The van der Waals surface area contributed by atoms with Crippen LogP contribution in [0.15, 0.2) is 24.3 Å². The zero-order chi connectivity index (χ0) is 18.4. The summed E-state index contributed by atoms with van der Waals surface area (Å²) in [5.74, 6) is -0.237. The van der Waals surface area contributed by atoms with E-state index in [4.69, 9.17) is 13.8 Å². The van der Waals surface area contributed by atoms with Gasteiger partial charge in [0.05, 0.1) is 5.60 Å². The third kappa shape index (κ3) is 7.55. The van der Waals surface area contributed by atoms with Gasteiger partial charge in [0.15, 0.2) is 0 Å². The third-order valence-electron chi connectivity index (χ3n) is 3.04. The number of Topliss-reactive ketones (excluding diaryl/α,β-unsaturated/α-hetero) is 1. The van der Waals surface area contributed by atoms with E-state index >= 15 is 0 Å². The van der Waals surface area contributed by atoms with Crippen LogP contribution in [0.2, 0.25) is 0 Å². The van der Waals surface area contributed by atoms with Crippen molar-refractivity contribution in [2.45, 2.75) is 39.2 Å². The lowest BCUT2D eigenvalue weighted by Crippen LogP contribution is -2.32. The molecule has 0 heterocycles. The molecule has 0 aliphatic carbocycles. The number of ether oxygens (including phenoxy) is 1. The van der Waals surface area contributed by atoms with Gasteiger partial charge in [0.2, 0.25) is 6.41 Å². The molecular weight excluding hydrogens is 333 g/mol. The smallest absolute Gasteiger partial charge is 0.337 e. The Hall–Kier alpha value is -1.24. The van der Waals surface area contributed by atoms with Gasteiger partial charge in [0, 0.05) is 26.3 Å². The average molecular weight is 359 g/mol. The molecule has 0 aliphatic rings. The van der Waals surface area contributed by atoms with Gasteiger partial charge < -0.3 is 24.2 Å². The Morgan fingerprint density at radius 3 is 2.21 bits per heavy atom. The van der Waals surface area contributed by atoms with Crippen LogP contribution in [0.5, 0.6) is 0 Å². The Kier molecular flexibility index (Phi) is 7.57. The molecule has 0 amide bonds. The van der Waals surface area contributed by atoms with Crippen molar-refractivity contribution in [3.05, 3.63) is 29.8 Å². The molecule has 136 valence electrons. The first-order valence-electron chi connectivity index (χ1n) is 7.50. The maximum atomic E-state index is 12.0. The summed E-state index contributed by atoms with van der Waals surface area (Å²) < 4.78 is 26.8. The quantitative estimate of drug-likeness (QED) is 0.517. The van der Waals surface area contributed by atoms with E-state index < -0.39 is 19.6 Å². The van der Waals surface area contributed by atoms with E-state index in [0.717, 1.165) is 5.56 Å². The van der Waals surface area contributed by atoms with E-state index in [1.807, 2.05) is 20.8 Å². The zero-order valence-electron chi connectivity index (χ0n) is 14.7. The monoisotopic (exact) mass is 359 g/mol. The summed E-state index contributed by atoms with van der Waals surface area (Å²) >= 11 is 0. The highest BCUT2D eigenvalue weighted by molar-refractivity contribution is 7.54. The minimum absolute atomic E-state index is 0.123. The molecule has 2 N–H and O–H groups in total. The zero-order valence-corrected chi connectivity index (χ0v) is 15.6. The van der Waals surface area contributed by atoms with Crippen LogP contribution in [0, 0.1) is 0 Å². The van der Waals surface area contributed by atoms with Crippen LogP contribution in [0.4, 0.5) is 5.69 Å². The number of ketones is 1. The number of nitrogens with one attached hydrogen (secondary N) is 1. The summed E-state index contributed by atoms with van der Waals surface area (Å²) in [6.07, 6.45) is -1.28. The molecule has 1 aromatic carbocycles. The number of aliphatic hydroxyl groups is 1. The lowest BCUT2D eigenvalue weighted by atomic mass is 10.1. The molecule has 0 radical (unpaired) electrons. The van der Waals surface area contributed by atoms with E-state index in [1.54, 1.807) is 24.3 Å². The minimum Gasteiger partial charge on any atom is -0.351 e.